The van der Waals surface area contributed by atoms with Gasteiger partial charge in [0.2, 0.25) is 0 Å². The molecule has 108 valence electrons. The zero-order valence-corrected chi connectivity index (χ0v) is 12.5. The minimum Gasteiger partial charge on any atom is -0.362 e. The molecule has 0 unspecified atom stereocenters. The lowest BCUT2D eigenvalue weighted by atomic mass is 10.4. The van der Waals surface area contributed by atoms with E-state index in [-0.39, 0.29) is 0 Å². The second-order valence-corrected chi connectivity index (χ2v) is 5.90. The molecule has 0 aliphatic carbocycles. The first-order chi connectivity index (χ1) is 10.3. The minimum atomic E-state index is 0.645. The maximum Gasteiger partial charge on any atom is 0.168 e. The standard InChI is InChI=1S/C13H15N7S/c1-2-19-8-17-10-11(15-7-16-12(10)19)14-5-9-6-20-3-4-21-13(20)18-9/h6-8H,2-5H2,1H3,(H,14,15,16). The minimum absolute atomic E-state index is 0.645. The van der Waals surface area contributed by atoms with Crippen LogP contribution in [0.1, 0.15) is 12.6 Å². The summed E-state index contributed by atoms with van der Waals surface area (Å²) in [5.74, 6) is 1.88. The Hall–Kier alpha value is -2.09. The smallest absolute Gasteiger partial charge is 0.168 e. The molecule has 7 nitrogen and oxygen atoms in total. The van der Waals surface area contributed by atoms with Crippen molar-refractivity contribution < 1.29 is 0 Å². The normalized spacial score (nSPS) is 13.8. The average molecular weight is 301 g/mol. The van der Waals surface area contributed by atoms with Crippen LogP contribution in [0, 0.1) is 0 Å². The number of thioether (sulfide) groups is 1. The summed E-state index contributed by atoms with van der Waals surface area (Å²) in [5.41, 5.74) is 2.69. The van der Waals surface area contributed by atoms with E-state index in [0.29, 0.717) is 6.54 Å². The molecule has 1 aliphatic rings. The number of nitrogens with one attached hydrogen (secondary N) is 1. The Kier molecular flexibility index (Phi) is 3.03. The van der Waals surface area contributed by atoms with Crippen molar-refractivity contribution in [2.45, 2.75) is 31.7 Å². The largest absolute Gasteiger partial charge is 0.362 e. The summed E-state index contributed by atoms with van der Waals surface area (Å²) in [4.78, 5) is 17.6. The number of aryl methyl sites for hydroxylation is 2. The molecule has 0 spiro atoms. The number of anilines is 1. The predicted octanol–water partition coefficient (Wildman–Crippen LogP) is 1.76. The fourth-order valence-electron chi connectivity index (χ4n) is 2.46. The van der Waals surface area contributed by atoms with Crippen LogP contribution in [0.25, 0.3) is 11.2 Å². The van der Waals surface area contributed by atoms with Gasteiger partial charge in [-0.3, -0.25) is 0 Å². The fourth-order valence-corrected chi connectivity index (χ4v) is 3.42. The lowest BCUT2D eigenvalue weighted by Gasteiger charge is -2.04. The Morgan fingerprint density at radius 1 is 1.33 bits per heavy atom. The quantitative estimate of drug-likeness (QED) is 0.791. The topological polar surface area (TPSA) is 73.5 Å². The molecular formula is C13H15N7S. The van der Waals surface area contributed by atoms with Crippen LogP contribution in [-0.4, -0.2) is 34.8 Å². The Morgan fingerprint density at radius 3 is 3.14 bits per heavy atom. The van der Waals surface area contributed by atoms with Crippen LogP contribution in [0.2, 0.25) is 0 Å². The van der Waals surface area contributed by atoms with Crippen LogP contribution in [0.4, 0.5) is 5.82 Å². The van der Waals surface area contributed by atoms with Crippen LogP contribution in [0.5, 0.6) is 0 Å². The molecule has 0 saturated heterocycles. The van der Waals surface area contributed by atoms with E-state index in [2.05, 4.69) is 42.9 Å². The molecule has 1 aliphatic heterocycles. The van der Waals surface area contributed by atoms with Crippen LogP contribution < -0.4 is 5.32 Å². The molecule has 4 heterocycles. The van der Waals surface area contributed by atoms with E-state index in [1.165, 1.54) is 0 Å². The summed E-state index contributed by atoms with van der Waals surface area (Å²) in [6, 6.07) is 0. The first-order valence-electron chi connectivity index (χ1n) is 6.93. The fraction of sp³-hybridized carbons (Fsp3) is 0.385. The van der Waals surface area contributed by atoms with Crippen LogP contribution in [0.3, 0.4) is 0 Å². The molecule has 0 atom stereocenters. The maximum atomic E-state index is 4.60. The van der Waals surface area contributed by atoms with Gasteiger partial charge in [0, 0.05) is 25.0 Å². The molecule has 8 heteroatoms. The number of hydrogen-bond donors (Lipinski definition) is 1. The highest BCUT2D eigenvalue weighted by Crippen LogP contribution is 2.25. The summed E-state index contributed by atoms with van der Waals surface area (Å²) in [5, 5.41) is 4.42. The Morgan fingerprint density at radius 2 is 2.29 bits per heavy atom. The maximum absolute atomic E-state index is 4.60. The summed E-state index contributed by atoms with van der Waals surface area (Å²) in [6.45, 7) is 4.61. The summed E-state index contributed by atoms with van der Waals surface area (Å²) < 4.78 is 4.20. The van der Waals surface area contributed by atoms with Crippen molar-refractivity contribution in [2.75, 3.05) is 11.1 Å². The van der Waals surface area contributed by atoms with Gasteiger partial charge >= 0.3 is 0 Å². The number of imidazole rings is 2. The molecule has 4 rings (SSSR count). The zero-order chi connectivity index (χ0) is 14.2. The molecule has 0 bridgehead atoms. The van der Waals surface area contributed by atoms with Crippen molar-refractivity contribution in [3.63, 3.8) is 0 Å². The molecular weight excluding hydrogens is 286 g/mol. The summed E-state index contributed by atoms with van der Waals surface area (Å²) in [6.07, 6.45) is 5.47. The van der Waals surface area contributed by atoms with Crippen LogP contribution in [-0.2, 0) is 19.6 Å². The predicted molar refractivity (Wildman–Crippen MR) is 81.3 cm³/mol. The van der Waals surface area contributed by atoms with Gasteiger partial charge in [-0.25, -0.2) is 19.9 Å². The van der Waals surface area contributed by atoms with E-state index >= 15 is 0 Å². The zero-order valence-electron chi connectivity index (χ0n) is 11.7. The Labute approximate surface area is 125 Å². The number of rotatable bonds is 4. The molecule has 0 saturated carbocycles. The van der Waals surface area contributed by atoms with Crippen LogP contribution >= 0.6 is 11.8 Å². The third-order valence-electron chi connectivity index (χ3n) is 3.53. The van der Waals surface area contributed by atoms with Gasteiger partial charge in [0.15, 0.2) is 16.6 Å². The number of fused-ring (bicyclic) bond motifs is 2. The van der Waals surface area contributed by atoms with Crippen molar-refractivity contribution >= 4 is 28.7 Å². The monoisotopic (exact) mass is 301 g/mol. The van der Waals surface area contributed by atoms with Crippen LogP contribution in [0.15, 0.2) is 24.0 Å². The van der Waals surface area contributed by atoms with Crippen molar-refractivity contribution in [3.8, 4) is 0 Å². The third kappa shape index (κ3) is 2.15. The number of aromatic nitrogens is 6. The van der Waals surface area contributed by atoms with Crippen molar-refractivity contribution in [3.05, 3.63) is 24.5 Å². The van der Waals surface area contributed by atoms with Gasteiger partial charge in [-0.05, 0) is 6.92 Å². The van der Waals surface area contributed by atoms with E-state index < -0.39 is 0 Å². The van der Waals surface area contributed by atoms with Crippen molar-refractivity contribution in [1.82, 2.24) is 29.1 Å². The van der Waals surface area contributed by atoms with Crippen molar-refractivity contribution in [2.24, 2.45) is 0 Å². The lowest BCUT2D eigenvalue weighted by Crippen LogP contribution is -2.04. The van der Waals surface area contributed by atoms with E-state index in [1.807, 2.05) is 4.57 Å². The second-order valence-electron chi connectivity index (χ2n) is 4.84. The molecule has 3 aromatic heterocycles. The highest BCUT2D eigenvalue weighted by atomic mass is 32.2. The Balaban J connectivity index is 1.57. The van der Waals surface area contributed by atoms with Crippen molar-refractivity contribution in [1.29, 1.82) is 0 Å². The molecule has 0 amide bonds. The lowest BCUT2D eigenvalue weighted by molar-refractivity contribution is 0.719. The molecule has 0 radical (unpaired) electrons. The summed E-state index contributed by atoms with van der Waals surface area (Å²) >= 11 is 1.80. The van der Waals surface area contributed by atoms with Gasteiger partial charge in [0.05, 0.1) is 18.6 Å². The van der Waals surface area contributed by atoms with Gasteiger partial charge in [0.1, 0.15) is 11.8 Å². The van der Waals surface area contributed by atoms with Gasteiger partial charge in [-0.2, -0.15) is 0 Å². The third-order valence-corrected chi connectivity index (χ3v) is 4.50. The molecule has 3 aromatic rings. The van der Waals surface area contributed by atoms with E-state index in [9.17, 15) is 0 Å². The second kappa shape index (κ2) is 5.03. The molecule has 21 heavy (non-hydrogen) atoms. The molecule has 0 fully saturated rings. The number of nitrogens with zero attached hydrogens (tertiary/aromatic N) is 6. The Bertz CT molecular complexity index is 770. The first-order valence-corrected chi connectivity index (χ1v) is 7.92. The highest BCUT2D eigenvalue weighted by Gasteiger charge is 2.15. The van der Waals surface area contributed by atoms with E-state index in [4.69, 9.17) is 0 Å². The van der Waals surface area contributed by atoms with E-state index in [1.54, 1.807) is 24.4 Å². The number of hydrogen-bond acceptors (Lipinski definition) is 6. The van der Waals surface area contributed by atoms with Gasteiger partial charge in [0.25, 0.3) is 0 Å². The van der Waals surface area contributed by atoms with E-state index in [0.717, 1.165) is 46.7 Å². The SMILES string of the molecule is CCn1cnc2c(NCc3cn4c(n3)SCC4)ncnc21. The highest BCUT2D eigenvalue weighted by molar-refractivity contribution is 7.99. The van der Waals surface area contributed by atoms with Gasteiger partial charge in [-0.1, -0.05) is 11.8 Å². The first kappa shape index (κ1) is 12.6. The average Bonchev–Trinajstić information content (AvgIpc) is 3.18. The van der Waals surface area contributed by atoms with Gasteiger partial charge in [-0.15, -0.1) is 0 Å². The molecule has 0 aromatic carbocycles. The molecule has 1 N–H and O–H groups in total. The van der Waals surface area contributed by atoms with Gasteiger partial charge < -0.3 is 14.5 Å². The summed E-state index contributed by atoms with van der Waals surface area (Å²) in [7, 11) is 0.